The number of nitrogens with zero attached hydrogens (tertiary/aromatic N) is 1. The molecule has 0 aliphatic heterocycles. The molecule has 0 fully saturated rings. The molecule has 2 aromatic carbocycles. The summed E-state index contributed by atoms with van der Waals surface area (Å²) in [7, 11) is 0. The number of nitrogens with two attached hydrogens (primary N) is 1. The Bertz CT molecular complexity index is 844. The standard InChI is InChI=1S/C16H13ClFN3O4/c17-11-4-2-1-3-10(11)16(23)20-13(15(19)22)7-9-5-6-12(18)14(8-9)21(24)25/h1-6,8,13H,7H2,(H2,19,22)(H,20,23)/t13-/m1/s1. The lowest BCUT2D eigenvalue weighted by Gasteiger charge is -2.16. The maximum atomic E-state index is 13.4. The molecule has 2 rings (SSSR count). The van der Waals surface area contributed by atoms with Gasteiger partial charge in [0.15, 0.2) is 0 Å². The summed E-state index contributed by atoms with van der Waals surface area (Å²) >= 11 is 5.92. The second-order valence-electron chi connectivity index (χ2n) is 5.16. The lowest BCUT2D eigenvalue weighted by molar-refractivity contribution is -0.387. The number of nitro groups is 1. The van der Waals surface area contributed by atoms with Crippen molar-refractivity contribution >= 4 is 29.1 Å². The van der Waals surface area contributed by atoms with Gasteiger partial charge in [-0.3, -0.25) is 19.7 Å². The van der Waals surface area contributed by atoms with Crippen molar-refractivity contribution in [3.63, 3.8) is 0 Å². The molecule has 0 saturated carbocycles. The smallest absolute Gasteiger partial charge is 0.305 e. The number of nitro benzene ring substituents is 1. The topological polar surface area (TPSA) is 115 Å². The quantitative estimate of drug-likeness (QED) is 0.603. The number of carbonyl (C=O) groups is 2. The largest absolute Gasteiger partial charge is 0.368 e. The molecule has 3 N–H and O–H groups in total. The van der Waals surface area contributed by atoms with E-state index in [-0.39, 0.29) is 22.6 Å². The average Bonchev–Trinajstić information content (AvgIpc) is 2.55. The molecular formula is C16H13ClFN3O4. The van der Waals surface area contributed by atoms with Crippen LogP contribution in [0.15, 0.2) is 42.5 Å². The average molecular weight is 366 g/mol. The fourth-order valence-electron chi connectivity index (χ4n) is 2.16. The molecule has 0 radical (unpaired) electrons. The molecule has 0 aliphatic carbocycles. The highest BCUT2D eigenvalue weighted by molar-refractivity contribution is 6.33. The number of nitrogens with one attached hydrogen (secondary N) is 1. The van der Waals surface area contributed by atoms with E-state index in [0.29, 0.717) is 0 Å². The summed E-state index contributed by atoms with van der Waals surface area (Å²) in [6.07, 6.45) is -0.132. The second-order valence-corrected chi connectivity index (χ2v) is 5.56. The Hall–Kier alpha value is -3.00. The highest BCUT2D eigenvalue weighted by atomic mass is 35.5. The summed E-state index contributed by atoms with van der Waals surface area (Å²) in [5, 5.41) is 13.4. The van der Waals surface area contributed by atoms with E-state index in [9.17, 15) is 24.1 Å². The molecule has 130 valence electrons. The zero-order valence-corrected chi connectivity index (χ0v) is 13.5. The van der Waals surface area contributed by atoms with E-state index in [1.54, 1.807) is 12.1 Å². The van der Waals surface area contributed by atoms with Gasteiger partial charge in [-0.1, -0.05) is 29.8 Å². The molecule has 25 heavy (non-hydrogen) atoms. The lowest BCUT2D eigenvalue weighted by Crippen LogP contribution is -2.45. The monoisotopic (exact) mass is 365 g/mol. The molecule has 0 heterocycles. The Labute approximate surface area is 146 Å². The molecular weight excluding hydrogens is 353 g/mol. The third-order valence-electron chi connectivity index (χ3n) is 3.41. The second kappa shape index (κ2) is 7.71. The maximum absolute atomic E-state index is 13.4. The molecule has 1 atom stereocenters. The molecule has 9 heteroatoms. The van der Waals surface area contributed by atoms with Crippen LogP contribution in [-0.2, 0) is 11.2 Å². The van der Waals surface area contributed by atoms with E-state index in [4.69, 9.17) is 17.3 Å². The minimum atomic E-state index is -1.14. The minimum Gasteiger partial charge on any atom is -0.368 e. The number of primary amides is 1. The Morgan fingerprint density at radius 1 is 1.28 bits per heavy atom. The van der Waals surface area contributed by atoms with Crippen LogP contribution in [0.2, 0.25) is 5.02 Å². The molecule has 0 bridgehead atoms. The first-order chi connectivity index (χ1) is 11.8. The predicted octanol–water partition coefficient (Wildman–Crippen LogP) is 2.21. The van der Waals surface area contributed by atoms with Gasteiger partial charge >= 0.3 is 5.69 Å². The molecule has 7 nitrogen and oxygen atoms in total. The van der Waals surface area contributed by atoms with Gasteiger partial charge in [-0.25, -0.2) is 0 Å². The van der Waals surface area contributed by atoms with E-state index in [1.165, 1.54) is 18.2 Å². The zero-order valence-electron chi connectivity index (χ0n) is 12.7. The summed E-state index contributed by atoms with van der Waals surface area (Å²) < 4.78 is 13.4. The van der Waals surface area contributed by atoms with E-state index in [2.05, 4.69) is 5.32 Å². The van der Waals surface area contributed by atoms with Crippen LogP contribution in [0.4, 0.5) is 10.1 Å². The van der Waals surface area contributed by atoms with Crippen molar-refractivity contribution in [2.24, 2.45) is 5.73 Å². The minimum absolute atomic E-state index is 0.132. The van der Waals surface area contributed by atoms with E-state index < -0.39 is 34.3 Å². The number of benzene rings is 2. The third kappa shape index (κ3) is 4.51. The number of hydrogen-bond donors (Lipinski definition) is 2. The Balaban J connectivity index is 2.21. The molecule has 0 aromatic heterocycles. The first kappa shape index (κ1) is 18.3. The van der Waals surface area contributed by atoms with Gasteiger partial charge in [-0.2, -0.15) is 4.39 Å². The van der Waals surface area contributed by atoms with Gasteiger partial charge < -0.3 is 11.1 Å². The van der Waals surface area contributed by atoms with Crippen molar-refractivity contribution in [1.29, 1.82) is 0 Å². The highest BCUT2D eigenvalue weighted by Gasteiger charge is 2.22. The first-order valence-electron chi connectivity index (χ1n) is 7.07. The number of carbonyl (C=O) groups excluding carboxylic acids is 2. The van der Waals surface area contributed by atoms with Crippen molar-refractivity contribution in [3.05, 3.63) is 74.5 Å². The van der Waals surface area contributed by atoms with Crippen LogP contribution in [0.25, 0.3) is 0 Å². The number of hydrogen-bond acceptors (Lipinski definition) is 4. The van der Waals surface area contributed by atoms with E-state index in [0.717, 1.165) is 12.1 Å². The van der Waals surface area contributed by atoms with Crippen molar-refractivity contribution in [3.8, 4) is 0 Å². The van der Waals surface area contributed by atoms with Gasteiger partial charge in [0.2, 0.25) is 11.7 Å². The van der Waals surface area contributed by atoms with Gasteiger partial charge in [-0.15, -0.1) is 0 Å². The van der Waals surface area contributed by atoms with Gasteiger partial charge in [-0.05, 0) is 23.8 Å². The van der Waals surface area contributed by atoms with Crippen molar-refractivity contribution in [1.82, 2.24) is 5.32 Å². The van der Waals surface area contributed by atoms with Gasteiger partial charge in [0, 0.05) is 12.5 Å². The van der Waals surface area contributed by atoms with Crippen LogP contribution in [0, 0.1) is 15.9 Å². The van der Waals surface area contributed by atoms with Crippen LogP contribution >= 0.6 is 11.6 Å². The molecule has 2 aromatic rings. The van der Waals surface area contributed by atoms with Gasteiger partial charge in [0.25, 0.3) is 5.91 Å². The fourth-order valence-corrected chi connectivity index (χ4v) is 2.39. The lowest BCUT2D eigenvalue weighted by atomic mass is 10.0. The summed E-state index contributed by atoms with van der Waals surface area (Å²) in [6.45, 7) is 0. The number of halogens is 2. The maximum Gasteiger partial charge on any atom is 0.305 e. The Morgan fingerprint density at radius 2 is 1.96 bits per heavy atom. The van der Waals surface area contributed by atoms with Crippen molar-refractivity contribution in [2.45, 2.75) is 12.5 Å². The highest BCUT2D eigenvalue weighted by Crippen LogP contribution is 2.20. The van der Waals surface area contributed by atoms with Crippen molar-refractivity contribution in [2.75, 3.05) is 0 Å². The number of rotatable bonds is 6. The first-order valence-corrected chi connectivity index (χ1v) is 7.45. The molecule has 0 saturated heterocycles. The summed E-state index contributed by atoms with van der Waals surface area (Å²) in [4.78, 5) is 33.7. The Morgan fingerprint density at radius 3 is 2.56 bits per heavy atom. The SMILES string of the molecule is NC(=O)[C@@H](Cc1ccc(F)c([N+](=O)[O-])c1)NC(=O)c1ccccc1Cl. The molecule has 2 amide bonds. The van der Waals surface area contributed by atoms with Crippen molar-refractivity contribution < 1.29 is 18.9 Å². The number of amides is 2. The van der Waals surface area contributed by atoms with Crippen LogP contribution < -0.4 is 11.1 Å². The molecule has 0 unspecified atom stereocenters. The normalized spacial score (nSPS) is 11.6. The summed E-state index contributed by atoms with van der Waals surface area (Å²) in [5.41, 5.74) is 4.99. The molecule has 0 spiro atoms. The van der Waals surface area contributed by atoms with Gasteiger partial charge in [0.05, 0.1) is 15.5 Å². The summed E-state index contributed by atoms with van der Waals surface area (Å²) in [5.74, 6) is -2.46. The Kier molecular flexibility index (Phi) is 5.66. The predicted molar refractivity (Wildman–Crippen MR) is 88.7 cm³/mol. The van der Waals surface area contributed by atoms with E-state index in [1.807, 2.05) is 0 Å². The van der Waals surface area contributed by atoms with Crippen LogP contribution in [0.3, 0.4) is 0 Å². The zero-order chi connectivity index (χ0) is 18.6. The molecule has 0 aliphatic rings. The third-order valence-corrected chi connectivity index (χ3v) is 3.74. The van der Waals surface area contributed by atoms with E-state index >= 15 is 0 Å². The fraction of sp³-hybridized carbons (Fsp3) is 0.125. The van der Waals surface area contributed by atoms with Crippen LogP contribution in [-0.4, -0.2) is 22.8 Å². The van der Waals surface area contributed by atoms with Crippen LogP contribution in [0.1, 0.15) is 15.9 Å². The van der Waals surface area contributed by atoms with Gasteiger partial charge in [0.1, 0.15) is 6.04 Å². The van der Waals surface area contributed by atoms with Crippen LogP contribution in [0.5, 0.6) is 0 Å². The summed E-state index contributed by atoms with van der Waals surface area (Å²) in [6, 6.07) is 8.27.